The number of carbonyl (C=O) groups is 1. The zero-order valence-corrected chi connectivity index (χ0v) is 12.6. The molecule has 1 amide bonds. The molecule has 0 bridgehead atoms. The van der Waals surface area contributed by atoms with Crippen molar-refractivity contribution in [2.45, 2.75) is 44.9 Å². The zero-order chi connectivity index (χ0) is 14.9. The predicted octanol–water partition coefficient (Wildman–Crippen LogP) is 3.48. The van der Waals surface area contributed by atoms with E-state index in [4.69, 9.17) is 0 Å². The fraction of sp³-hybridized carbons (Fsp3) is 0.412. The quantitative estimate of drug-likeness (QED) is 0.906. The minimum Gasteiger partial charge on any atom is -0.308 e. The average molecular weight is 283 g/mol. The van der Waals surface area contributed by atoms with E-state index in [9.17, 15) is 4.79 Å². The molecule has 4 heteroatoms. The number of nitrogens with one attached hydrogen (secondary N) is 2. The summed E-state index contributed by atoms with van der Waals surface area (Å²) in [5, 5.41) is 10.1. The predicted molar refractivity (Wildman–Crippen MR) is 83.3 cm³/mol. The number of anilines is 1. The van der Waals surface area contributed by atoms with E-state index in [2.05, 4.69) is 27.6 Å². The van der Waals surface area contributed by atoms with Gasteiger partial charge < -0.3 is 5.32 Å². The van der Waals surface area contributed by atoms with Crippen molar-refractivity contribution < 1.29 is 4.79 Å². The Hall–Kier alpha value is -2.10. The highest BCUT2D eigenvalue weighted by Crippen LogP contribution is 2.42. The van der Waals surface area contributed by atoms with Gasteiger partial charge in [0.15, 0.2) is 5.82 Å². The minimum absolute atomic E-state index is 0.0702. The van der Waals surface area contributed by atoms with E-state index >= 15 is 0 Å². The second kappa shape index (κ2) is 5.35. The van der Waals surface area contributed by atoms with Gasteiger partial charge in [-0.3, -0.25) is 9.89 Å². The first kappa shape index (κ1) is 13.9. The first-order valence-corrected chi connectivity index (χ1v) is 7.52. The summed E-state index contributed by atoms with van der Waals surface area (Å²) in [6.07, 6.45) is 4.01. The van der Waals surface area contributed by atoms with Crippen LogP contribution in [0.1, 0.15) is 42.5 Å². The maximum absolute atomic E-state index is 12.9. The fourth-order valence-electron chi connectivity index (χ4n) is 3.22. The van der Waals surface area contributed by atoms with Crippen LogP contribution in [0.3, 0.4) is 0 Å². The van der Waals surface area contributed by atoms with Crippen molar-refractivity contribution in [3.63, 3.8) is 0 Å². The van der Waals surface area contributed by atoms with Crippen molar-refractivity contribution in [2.75, 3.05) is 5.32 Å². The van der Waals surface area contributed by atoms with Crippen LogP contribution in [0.25, 0.3) is 0 Å². The molecule has 1 heterocycles. The molecular formula is C17H21N3O. The average Bonchev–Trinajstić information content (AvgIpc) is 3.12. The van der Waals surface area contributed by atoms with E-state index in [0.29, 0.717) is 5.82 Å². The molecule has 0 spiro atoms. The monoisotopic (exact) mass is 283 g/mol. The van der Waals surface area contributed by atoms with Crippen LogP contribution in [0.4, 0.5) is 5.82 Å². The number of benzene rings is 1. The summed E-state index contributed by atoms with van der Waals surface area (Å²) in [6.45, 7) is 3.93. The number of rotatable bonds is 3. The molecule has 3 rings (SSSR count). The summed E-state index contributed by atoms with van der Waals surface area (Å²) >= 11 is 0. The molecule has 0 radical (unpaired) electrons. The SMILES string of the molecule is Cc1[nH]nc(NC(=O)C2(c3ccccc3)CCCC2)c1C. The summed E-state index contributed by atoms with van der Waals surface area (Å²) in [5.41, 5.74) is 2.71. The molecule has 1 fully saturated rings. The lowest BCUT2D eigenvalue weighted by Gasteiger charge is -2.28. The third-order valence-corrected chi connectivity index (χ3v) is 4.70. The third-order valence-electron chi connectivity index (χ3n) is 4.70. The van der Waals surface area contributed by atoms with Crippen LogP contribution in [0.2, 0.25) is 0 Å². The van der Waals surface area contributed by atoms with Crippen LogP contribution in [0.15, 0.2) is 30.3 Å². The molecule has 110 valence electrons. The molecule has 1 aromatic heterocycles. The number of carbonyl (C=O) groups excluding carboxylic acids is 1. The summed E-state index contributed by atoms with van der Waals surface area (Å²) in [4.78, 5) is 12.9. The molecule has 2 aromatic rings. The molecule has 0 unspecified atom stereocenters. The van der Waals surface area contributed by atoms with Crippen LogP contribution >= 0.6 is 0 Å². The summed E-state index contributed by atoms with van der Waals surface area (Å²) < 4.78 is 0. The molecule has 21 heavy (non-hydrogen) atoms. The number of aromatic nitrogens is 2. The highest BCUT2D eigenvalue weighted by molar-refractivity contribution is 5.99. The number of H-pyrrole nitrogens is 1. The van der Waals surface area contributed by atoms with E-state index < -0.39 is 5.41 Å². The van der Waals surface area contributed by atoms with Crippen LogP contribution < -0.4 is 5.32 Å². The molecule has 1 saturated carbocycles. The maximum atomic E-state index is 12.9. The first-order chi connectivity index (χ1) is 10.1. The molecule has 4 nitrogen and oxygen atoms in total. The molecule has 0 atom stereocenters. The number of amides is 1. The summed E-state index contributed by atoms with van der Waals surface area (Å²) in [5.74, 6) is 0.723. The van der Waals surface area contributed by atoms with E-state index in [1.807, 2.05) is 32.0 Å². The molecule has 1 aliphatic rings. The number of nitrogens with zero attached hydrogens (tertiary/aromatic N) is 1. The second-order valence-electron chi connectivity index (χ2n) is 5.93. The Morgan fingerprint density at radius 1 is 1.19 bits per heavy atom. The van der Waals surface area contributed by atoms with Gasteiger partial charge in [-0.05, 0) is 32.3 Å². The van der Waals surface area contributed by atoms with Gasteiger partial charge in [-0.15, -0.1) is 0 Å². The number of hydrogen-bond donors (Lipinski definition) is 2. The van der Waals surface area contributed by atoms with E-state index in [1.54, 1.807) is 0 Å². The van der Waals surface area contributed by atoms with Gasteiger partial charge in [-0.25, -0.2) is 0 Å². The van der Waals surface area contributed by atoms with Gasteiger partial charge in [-0.2, -0.15) is 5.10 Å². The first-order valence-electron chi connectivity index (χ1n) is 7.52. The van der Waals surface area contributed by atoms with Crippen molar-refractivity contribution >= 4 is 11.7 Å². The maximum Gasteiger partial charge on any atom is 0.236 e. The van der Waals surface area contributed by atoms with Gasteiger partial charge in [0.2, 0.25) is 5.91 Å². The Balaban J connectivity index is 1.91. The summed E-state index contributed by atoms with van der Waals surface area (Å²) in [7, 11) is 0. The van der Waals surface area contributed by atoms with Crippen LogP contribution in [0, 0.1) is 13.8 Å². The highest BCUT2D eigenvalue weighted by Gasteiger charge is 2.42. The molecule has 0 aliphatic heterocycles. The smallest absolute Gasteiger partial charge is 0.236 e. The molecular weight excluding hydrogens is 262 g/mol. The highest BCUT2D eigenvalue weighted by atomic mass is 16.2. The van der Waals surface area contributed by atoms with Gasteiger partial charge in [0, 0.05) is 11.3 Å². The standard InChI is InChI=1S/C17H21N3O/c1-12-13(2)19-20-15(12)18-16(21)17(10-6-7-11-17)14-8-4-3-5-9-14/h3-5,8-9H,6-7,10-11H2,1-2H3,(H2,18,19,20,21). The Kier molecular flexibility index (Phi) is 3.53. The van der Waals surface area contributed by atoms with Gasteiger partial charge in [0.05, 0.1) is 5.41 Å². The minimum atomic E-state index is -0.402. The fourth-order valence-corrected chi connectivity index (χ4v) is 3.22. The molecule has 0 saturated heterocycles. The van der Waals surface area contributed by atoms with Gasteiger partial charge in [-0.1, -0.05) is 43.2 Å². The zero-order valence-electron chi connectivity index (χ0n) is 12.6. The van der Waals surface area contributed by atoms with Crippen LogP contribution in [-0.4, -0.2) is 16.1 Å². The molecule has 1 aromatic carbocycles. The number of aromatic amines is 1. The van der Waals surface area contributed by atoms with Gasteiger partial charge in [0.25, 0.3) is 0 Å². The number of aryl methyl sites for hydroxylation is 1. The van der Waals surface area contributed by atoms with E-state index in [0.717, 1.165) is 42.5 Å². The topological polar surface area (TPSA) is 57.8 Å². The van der Waals surface area contributed by atoms with Crippen molar-refractivity contribution in [3.8, 4) is 0 Å². The number of hydrogen-bond acceptors (Lipinski definition) is 2. The van der Waals surface area contributed by atoms with Crippen molar-refractivity contribution in [3.05, 3.63) is 47.2 Å². The summed E-state index contributed by atoms with van der Waals surface area (Å²) in [6, 6.07) is 10.1. The Labute approximate surface area is 125 Å². The van der Waals surface area contributed by atoms with E-state index in [-0.39, 0.29) is 5.91 Å². The van der Waals surface area contributed by atoms with Crippen LogP contribution in [0.5, 0.6) is 0 Å². The Bertz CT molecular complexity index is 639. The van der Waals surface area contributed by atoms with Crippen molar-refractivity contribution in [1.82, 2.24) is 10.2 Å². The Morgan fingerprint density at radius 3 is 2.43 bits per heavy atom. The lowest BCUT2D eigenvalue weighted by molar-refractivity contribution is -0.121. The van der Waals surface area contributed by atoms with E-state index in [1.165, 1.54) is 0 Å². The van der Waals surface area contributed by atoms with Gasteiger partial charge >= 0.3 is 0 Å². The Morgan fingerprint density at radius 2 is 1.86 bits per heavy atom. The lowest BCUT2D eigenvalue weighted by Crippen LogP contribution is -2.38. The van der Waals surface area contributed by atoms with Crippen LogP contribution in [-0.2, 0) is 10.2 Å². The van der Waals surface area contributed by atoms with Gasteiger partial charge in [0.1, 0.15) is 0 Å². The van der Waals surface area contributed by atoms with Crippen molar-refractivity contribution in [2.24, 2.45) is 0 Å². The largest absolute Gasteiger partial charge is 0.308 e. The second-order valence-corrected chi connectivity index (χ2v) is 5.93. The lowest BCUT2D eigenvalue weighted by atomic mass is 9.78. The van der Waals surface area contributed by atoms with Crippen molar-refractivity contribution in [1.29, 1.82) is 0 Å². The third kappa shape index (κ3) is 2.35. The molecule has 1 aliphatic carbocycles. The molecule has 2 N–H and O–H groups in total. The normalized spacial score (nSPS) is 16.9.